The van der Waals surface area contributed by atoms with Crippen molar-refractivity contribution < 1.29 is 4.42 Å². The van der Waals surface area contributed by atoms with Gasteiger partial charge in [-0.2, -0.15) is 0 Å². The van der Waals surface area contributed by atoms with Crippen LogP contribution in [0.25, 0.3) is 22.6 Å². The minimum Gasteiger partial charge on any atom is -0.436 e. The van der Waals surface area contributed by atoms with Crippen molar-refractivity contribution in [2.75, 3.05) is 0 Å². The lowest BCUT2D eigenvalue weighted by molar-refractivity contribution is 0.620. The Hall–Kier alpha value is -1.94. The highest BCUT2D eigenvalue weighted by Crippen LogP contribution is 2.27. The normalized spacial score (nSPS) is 11.5. The summed E-state index contributed by atoms with van der Waals surface area (Å²) in [4.78, 5) is 8.74. The van der Waals surface area contributed by atoms with E-state index >= 15 is 0 Å². The van der Waals surface area contributed by atoms with E-state index in [4.69, 9.17) is 4.42 Å². The van der Waals surface area contributed by atoms with Gasteiger partial charge in [-0.05, 0) is 49.4 Å². The summed E-state index contributed by atoms with van der Waals surface area (Å²) in [5, 5.41) is 0. The van der Waals surface area contributed by atoms with Crippen LogP contribution in [0, 0.1) is 0 Å². The van der Waals surface area contributed by atoms with E-state index in [1.807, 2.05) is 49.4 Å². The van der Waals surface area contributed by atoms with Gasteiger partial charge in [0.15, 0.2) is 5.58 Å². The van der Waals surface area contributed by atoms with Crippen LogP contribution >= 0.6 is 15.9 Å². The predicted molar refractivity (Wildman–Crippen MR) is 81.0 cm³/mol. The maximum Gasteiger partial charge on any atom is 0.227 e. The summed E-state index contributed by atoms with van der Waals surface area (Å²) in [6.07, 6.45) is 1.76. The fourth-order valence-corrected chi connectivity index (χ4v) is 2.13. The molecule has 3 rings (SSSR count). The van der Waals surface area contributed by atoms with Gasteiger partial charge in [0.05, 0.1) is 5.69 Å². The molecule has 0 saturated heterocycles. The van der Waals surface area contributed by atoms with E-state index in [0.717, 1.165) is 26.8 Å². The van der Waals surface area contributed by atoms with Crippen LogP contribution in [-0.2, 0) is 0 Å². The van der Waals surface area contributed by atoms with E-state index in [1.54, 1.807) is 6.21 Å². The lowest BCUT2D eigenvalue weighted by atomic mass is 10.2. The summed E-state index contributed by atoms with van der Waals surface area (Å²) in [7, 11) is 0. The second-order valence-corrected chi connectivity index (χ2v) is 4.98. The Kier molecular flexibility index (Phi) is 3.17. The molecule has 19 heavy (non-hydrogen) atoms. The number of nitrogens with zero attached hydrogens (tertiary/aromatic N) is 2. The van der Waals surface area contributed by atoms with Gasteiger partial charge < -0.3 is 4.42 Å². The summed E-state index contributed by atoms with van der Waals surface area (Å²) < 4.78 is 6.78. The van der Waals surface area contributed by atoms with Crippen LogP contribution in [-0.4, -0.2) is 11.2 Å². The molecule has 1 heterocycles. The van der Waals surface area contributed by atoms with Gasteiger partial charge in [0.1, 0.15) is 5.52 Å². The number of oxazole rings is 1. The molecule has 3 aromatic rings. The zero-order chi connectivity index (χ0) is 13.2. The van der Waals surface area contributed by atoms with Crippen LogP contribution in [0.1, 0.15) is 6.92 Å². The van der Waals surface area contributed by atoms with Gasteiger partial charge in [0.2, 0.25) is 5.89 Å². The smallest absolute Gasteiger partial charge is 0.227 e. The van der Waals surface area contributed by atoms with Gasteiger partial charge >= 0.3 is 0 Å². The number of hydrogen-bond acceptors (Lipinski definition) is 3. The van der Waals surface area contributed by atoms with Crippen molar-refractivity contribution in [1.82, 2.24) is 4.98 Å². The van der Waals surface area contributed by atoms with Crippen molar-refractivity contribution in [2.24, 2.45) is 4.99 Å². The van der Waals surface area contributed by atoms with E-state index in [-0.39, 0.29) is 0 Å². The third kappa shape index (κ3) is 2.44. The first-order valence-electron chi connectivity index (χ1n) is 5.91. The zero-order valence-corrected chi connectivity index (χ0v) is 11.9. The molecule has 0 radical (unpaired) electrons. The summed E-state index contributed by atoms with van der Waals surface area (Å²) in [6.45, 7) is 1.89. The van der Waals surface area contributed by atoms with Gasteiger partial charge in [-0.25, -0.2) is 4.98 Å². The number of halogens is 1. The first-order chi connectivity index (χ1) is 9.26. The molecule has 4 heteroatoms. The Bertz CT molecular complexity index is 744. The average molecular weight is 315 g/mol. The van der Waals surface area contributed by atoms with E-state index in [9.17, 15) is 0 Å². The molecule has 0 unspecified atom stereocenters. The number of aromatic nitrogens is 1. The van der Waals surface area contributed by atoms with Gasteiger partial charge in [-0.3, -0.25) is 4.99 Å². The van der Waals surface area contributed by atoms with Crippen molar-refractivity contribution >= 4 is 38.9 Å². The molecule has 1 aromatic heterocycles. The van der Waals surface area contributed by atoms with Crippen LogP contribution < -0.4 is 0 Å². The molecule has 0 atom stereocenters. The largest absolute Gasteiger partial charge is 0.436 e. The molecule has 0 aliphatic rings. The van der Waals surface area contributed by atoms with E-state index in [0.29, 0.717) is 5.89 Å². The molecule has 0 aliphatic carbocycles. The van der Waals surface area contributed by atoms with E-state index in [2.05, 4.69) is 25.9 Å². The molecule has 0 saturated carbocycles. The lowest BCUT2D eigenvalue weighted by Gasteiger charge is -1.94. The summed E-state index contributed by atoms with van der Waals surface area (Å²) in [6, 6.07) is 13.6. The van der Waals surface area contributed by atoms with Crippen molar-refractivity contribution in [3.8, 4) is 11.5 Å². The van der Waals surface area contributed by atoms with E-state index in [1.165, 1.54) is 0 Å². The molecule has 0 amide bonds. The quantitative estimate of drug-likeness (QED) is 0.626. The third-order valence-electron chi connectivity index (χ3n) is 2.74. The Morgan fingerprint density at radius 3 is 2.68 bits per heavy atom. The highest BCUT2D eigenvalue weighted by Gasteiger charge is 2.08. The van der Waals surface area contributed by atoms with Gasteiger partial charge in [-0.15, -0.1) is 0 Å². The second kappa shape index (κ2) is 4.97. The number of fused-ring (bicyclic) bond motifs is 1. The summed E-state index contributed by atoms with van der Waals surface area (Å²) in [5.41, 5.74) is 3.43. The molecule has 0 spiro atoms. The lowest BCUT2D eigenvalue weighted by Crippen LogP contribution is -1.75. The van der Waals surface area contributed by atoms with Crippen molar-refractivity contribution in [1.29, 1.82) is 0 Å². The standard InChI is InChI=1S/C15H11BrN2O/c1-2-17-12-7-8-14-13(9-12)18-15(19-14)10-3-5-11(16)6-4-10/h2-9H,1H3. The molecule has 2 aromatic carbocycles. The van der Waals surface area contributed by atoms with Crippen LogP contribution in [0.3, 0.4) is 0 Å². The predicted octanol–water partition coefficient (Wildman–Crippen LogP) is 4.98. The van der Waals surface area contributed by atoms with Crippen LogP contribution in [0.2, 0.25) is 0 Å². The van der Waals surface area contributed by atoms with Crippen LogP contribution in [0.15, 0.2) is 56.3 Å². The highest BCUT2D eigenvalue weighted by atomic mass is 79.9. The second-order valence-electron chi connectivity index (χ2n) is 4.07. The number of rotatable bonds is 2. The SMILES string of the molecule is CC=Nc1ccc2oc(-c3ccc(Br)cc3)nc2c1. The van der Waals surface area contributed by atoms with Gasteiger partial charge in [-0.1, -0.05) is 15.9 Å². The van der Waals surface area contributed by atoms with Gasteiger partial charge in [0, 0.05) is 16.3 Å². The maximum atomic E-state index is 5.75. The first kappa shape index (κ1) is 12.1. The fraction of sp³-hybridized carbons (Fsp3) is 0.0667. The zero-order valence-electron chi connectivity index (χ0n) is 10.3. The van der Waals surface area contributed by atoms with Crippen molar-refractivity contribution in [3.63, 3.8) is 0 Å². The molecule has 94 valence electrons. The Morgan fingerprint density at radius 2 is 1.95 bits per heavy atom. The monoisotopic (exact) mass is 314 g/mol. The average Bonchev–Trinajstić information content (AvgIpc) is 2.83. The molecular formula is C15H11BrN2O. The number of hydrogen-bond donors (Lipinski definition) is 0. The molecule has 0 bridgehead atoms. The topological polar surface area (TPSA) is 38.4 Å². The molecule has 0 N–H and O–H groups in total. The Balaban J connectivity index is 2.08. The summed E-state index contributed by atoms with van der Waals surface area (Å²) in [5.74, 6) is 0.625. The van der Waals surface area contributed by atoms with Gasteiger partial charge in [0.25, 0.3) is 0 Å². The molecule has 3 nitrogen and oxygen atoms in total. The highest BCUT2D eigenvalue weighted by molar-refractivity contribution is 9.10. The fourth-order valence-electron chi connectivity index (χ4n) is 1.86. The molecule has 0 fully saturated rings. The minimum atomic E-state index is 0.625. The maximum absolute atomic E-state index is 5.75. The first-order valence-corrected chi connectivity index (χ1v) is 6.71. The van der Waals surface area contributed by atoms with Crippen molar-refractivity contribution in [3.05, 3.63) is 46.9 Å². The van der Waals surface area contributed by atoms with Crippen molar-refractivity contribution in [2.45, 2.75) is 6.92 Å². The summed E-state index contributed by atoms with van der Waals surface area (Å²) >= 11 is 3.41. The molecular weight excluding hydrogens is 304 g/mol. The Morgan fingerprint density at radius 1 is 1.16 bits per heavy atom. The van der Waals surface area contributed by atoms with Crippen LogP contribution in [0.5, 0.6) is 0 Å². The molecule has 0 aliphatic heterocycles. The number of benzene rings is 2. The minimum absolute atomic E-state index is 0.625. The third-order valence-corrected chi connectivity index (χ3v) is 3.27. The van der Waals surface area contributed by atoms with Crippen LogP contribution in [0.4, 0.5) is 5.69 Å². The Labute approximate surface area is 119 Å². The van der Waals surface area contributed by atoms with E-state index < -0.39 is 0 Å². The number of aliphatic imine (C=N–C) groups is 1.